The largest absolute Gasteiger partial charge is 0.309 e. The molecule has 0 aromatic rings. The number of rotatable bonds is 8. The van der Waals surface area contributed by atoms with E-state index in [0.717, 1.165) is 0 Å². The molecule has 0 aliphatic rings. The fourth-order valence-electron chi connectivity index (χ4n) is 1.43. The van der Waals surface area contributed by atoms with Gasteiger partial charge in [0, 0.05) is 0 Å². The van der Waals surface area contributed by atoms with Crippen LogP contribution in [0.25, 0.3) is 0 Å². The van der Waals surface area contributed by atoms with Crippen molar-refractivity contribution in [3.05, 3.63) is 0 Å². The van der Waals surface area contributed by atoms with E-state index in [4.69, 9.17) is 0 Å². The van der Waals surface area contributed by atoms with Crippen LogP contribution in [0.1, 0.15) is 130 Å². The average molecular weight is 456 g/mol. The zero-order valence-electron chi connectivity index (χ0n) is 26.0. The standard InChI is InChI=1S/C11H27N3.2C3H8.5C2H6.CH4/c1-12(2)8-6-10-14(5)11-7-9-13(3)4;2*1-3-2;5*1-2;/h6-11H2,1-5H3;2*3H2,1-2H3;5*1-2H3;1H4. The summed E-state index contributed by atoms with van der Waals surface area (Å²) in [5.41, 5.74) is 0. The fourth-order valence-corrected chi connectivity index (χ4v) is 1.43. The minimum atomic E-state index is 0. The van der Waals surface area contributed by atoms with Gasteiger partial charge in [-0.05, 0) is 74.3 Å². The molecule has 0 bridgehead atoms. The van der Waals surface area contributed by atoms with Crippen molar-refractivity contribution in [2.45, 2.75) is 130 Å². The highest BCUT2D eigenvalue weighted by Gasteiger charge is 1.99. The highest BCUT2D eigenvalue weighted by Crippen LogP contribution is 1.92. The summed E-state index contributed by atoms with van der Waals surface area (Å²) in [6.45, 7) is 33.3. The van der Waals surface area contributed by atoms with Crippen LogP contribution in [0.15, 0.2) is 0 Å². The molecule has 3 nitrogen and oxygen atoms in total. The van der Waals surface area contributed by atoms with Gasteiger partial charge in [-0.3, -0.25) is 0 Å². The van der Waals surface area contributed by atoms with Gasteiger partial charge in [-0.2, -0.15) is 0 Å². The molecule has 0 heterocycles. The van der Waals surface area contributed by atoms with Gasteiger partial charge < -0.3 is 14.7 Å². The Balaban J connectivity index is -0.0000000339. The van der Waals surface area contributed by atoms with Crippen LogP contribution in [0.3, 0.4) is 0 Å². The van der Waals surface area contributed by atoms with Crippen molar-refractivity contribution in [1.82, 2.24) is 14.7 Å². The predicted octanol–water partition coefficient (Wildman–Crippen LogP) is 9.42. The molecule has 0 N–H and O–H groups in total. The molecule has 0 saturated heterocycles. The normalized spacial score (nSPS) is 7.55. The quantitative estimate of drug-likeness (QED) is 0.361. The summed E-state index contributed by atoms with van der Waals surface area (Å²) >= 11 is 0. The molecule has 204 valence electrons. The molecule has 0 amide bonds. The van der Waals surface area contributed by atoms with E-state index < -0.39 is 0 Å². The van der Waals surface area contributed by atoms with Crippen LogP contribution < -0.4 is 0 Å². The van der Waals surface area contributed by atoms with Crippen molar-refractivity contribution >= 4 is 0 Å². The Morgan fingerprint density at radius 2 is 0.548 bits per heavy atom. The maximum atomic E-state index is 2.42. The Morgan fingerprint density at radius 1 is 0.387 bits per heavy atom. The Labute approximate surface area is 206 Å². The third kappa shape index (κ3) is 165. The summed E-state index contributed by atoms with van der Waals surface area (Å²) in [7, 11) is 10.7. The van der Waals surface area contributed by atoms with Crippen molar-refractivity contribution in [2.24, 2.45) is 0 Å². The molecule has 0 aromatic carbocycles. The van der Waals surface area contributed by atoms with Gasteiger partial charge >= 0.3 is 0 Å². The zero-order valence-corrected chi connectivity index (χ0v) is 26.0. The molecule has 0 saturated carbocycles. The lowest BCUT2D eigenvalue weighted by Gasteiger charge is -2.19. The molecular weight excluding hydrogens is 378 g/mol. The highest BCUT2D eigenvalue weighted by molar-refractivity contribution is 4.55. The zero-order chi connectivity index (χ0) is 26.4. The summed E-state index contributed by atoms with van der Waals surface area (Å²) in [6.07, 6.45) is 5.04. The SMILES string of the molecule is C.CC.CC.CC.CC.CC.CCC.CCC.CN(C)CCCN(C)CCCN(C)C. The molecule has 0 atom stereocenters. The Kier molecular flexibility index (Phi) is 162. The Hall–Kier alpha value is -0.120. The maximum absolute atomic E-state index is 2.42. The van der Waals surface area contributed by atoms with E-state index in [9.17, 15) is 0 Å². The lowest BCUT2D eigenvalue weighted by atomic mass is 10.3. The van der Waals surface area contributed by atoms with Crippen LogP contribution in [0.4, 0.5) is 0 Å². The molecule has 0 rings (SSSR count). The third-order valence-electron chi connectivity index (χ3n) is 2.29. The summed E-state index contributed by atoms with van der Waals surface area (Å²) in [6, 6.07) is 0. The summed E-state index contributed by atoms with van der Waals surface area (Å²) in [5, 5.41) is 0. The number of hydrogen-bond acceptors (Lipinski definition) is 3. The fraction of sp³-hybridized carbons (Fsp3) is 1.00. The Bertz CT molecular complexity index is 133. The van der Waals surface area contributed by atoms with Crippen LogP contribution in [0, 0.1) is 0 Å². The van der Waals surface area contributed by atoms with Crippen molar-refractivity contribution in [3.8, 4) is 0 Å². The average Bonchev–Trinajstić information content (AvgIpc) is 2.76. The van der Waals surface area contributed by atoms with Crippen LogP contribution in [-0.2, 0) is 0 Å². The molecule has 0 radical (unpaired) electrons. The molecule has 3 heteroatoms. The van der Waals surface area contributed by atoms with Gasteiger partial charge in [0.15, 0.2) is 0 Å². The van der Waals surface area contributed by atoms with E-state index in [0.29, 0.717) is 0 Å². The number of hydrogen-bond donors (Lipinski definition) is 0. The second-order valence-corrected chi connectivity index (χ2v) is 6.03. The molecule has 0 aliphatic carbocycles. The molecule has 31 heavy (non-hydrogen) atoms. The van der Waals surface area contributed by atoms with Crippen LogP contribution >= 0.6 is 0 Å². The van der Waals surface area contributed by atoms with Gasteiger partial charge in [0.25, 0.3) is 0 Å². The minimum Gasteiger partial charge on any atom is -0.309 e. The smallest absolute Gasteiger partial charge is 0.000959 e. The van der Waals surface area contributed by atoms with Gasteiger partial charge in [-0.1, -0.05) is 117 Å². The summed E-state index contributed by atoms with van der Waals surface area (Å²) < 4.78 is 0. The van der Waals surface area contributed by atoms with E-state index in [1.165, 1.54) is 51.9 Å². The first-order chi connectivity index (χ1) is 14.3. The Morgan fingerprint density at radius 3 is 0.677 bits per heavy atom. The first-order valence-corrected chi connectivity index (χ1v) is 13.3. The van der Waals surface area contributed by atoms with E-state index in [-0.39, 0.29) is 7.43 Å². The van der Waals surface area contributed by atoms with E-state index >= 15 is 0 Å². The lowest BCUT2D eigenvalue weighted by molar-refractivity contribution is 0.281. The van der Waals surface area contributed by atoms with Crippen molar-refractivity contribution in [1.29, 1.82) is 0 Å². The third-order valence-corrected chi connectivity index (χ3v) is 2.29. The van der Waals surface area contributed by atoms with E-state index in [1.807, 2.05) is 69.2 Å². The first-order valence-electron chi connectivity index (χ1n) is 13.3. The van der Waals surface area contributed by atoms with Crippen molar-refractivity contribution < 1.29 is 0 Å². The van der Waals surface area contributed by atoms with Crippen LogP contribution in [0.2, 0.25) is 0 Å². The predicted molar refractivity (Wildman–Crippen MR) is 159 cm³/mol. The molecule has 0 spiro atoms. The lowest BCUT2D eigenvalue weighted by Crippen LogP contribution is -2.26. The molecule has 0 fully saturated rings. The monoisotopic (exact) mass is 456 g/mol. The van der Waals surface area contributed by atoms with E-state index in [2.05, 4.69) is 77.6 Å². The number of nitrogens with zero attached hydrogens (tertiary/aromatic N) is 3. The van der Waals surface area contributed by atoms with Crippen molar-refractivity contribution in [3.63, 3.8) is 0 Å². The van der Waals surface area contributed by atoms with Crippen molar-refractivity contribution in [2.75, 3.05) is 61.4 Å². The van der Waals surface area contributed by atoms with Gasteiger partial charge in [0.1, 0.15) is 0 Å². The maximum Gasteiger partial charge on any atom is -0.000959 e. The topological polar surface area (TPSA) is 9.72 Å². The van der Waals surface area contributed by atoms with Gasteiger partial charge in [-0.15, -0.1) is 0 Å². The van der Waals surface area contributed by atoms with Gasteiger partial charge in [0.2, 0.25) is 0 Å². The second kappa shape index (κ2) is 87.5. The second-order valence-electron chi connectivity index (χ2n) is 6.03. The molecular formula is C28H77N3. The minimum absolute atomic E-state index is 0. The first kappa shape index (κ1) is 57.6. The van der Waals surface area contributed by atoms with Gasteiger partial charge in [0.05, 0.1) is 0 Å². The summed E-state index contributed by atoms with van der Waals surface area (Å²) in [4.78, 5) is 6.91. The molecule has 0 unspecified atom stereocenters. The van der Waals surface area contributed by atoms with Crippen LogP contribution in [0.5, 0.6) is 0 Å². The highest BCUT2D eigenvalue weighted by atomic mass is 15.1. The van der Waals surface area contributed by atoms with E-state index in [1.54, 1.807) is 0 Å². The molecule has 0 aromatic heterocycles. The van der Waals surface area contributed by atoms with Gasteiger partial charge in [-0.25, -0.2) is 0 Å². The molecule has 0 aliphatic heterocycles. The summed E-state index contributed by atoms with van der Waals surface area (Å²) in [5.74, 6) is 0. The van der Waals surface area contributed by atoms with Crippen LogP contribution in [-0.4, -0.2) is 76.1 Å².